The summed E-state index contributed by atoms with van der Waals surface area (Å²) in [5, 5.41) is 4.83. The van der Waals surface area contributed by atoms with Gasteiger partial charge in [-0.1, -0.05) is 20.8 Å². The van der Waals surface area contributed by atoms with Gasteiger partial charge in [0, 0.05) is 10.9 Å². The van der Waals surface area contributed by atoms with Crippen molar-refractivity contribution in [2.45, 2.75) is 65.3 Å². The molecule has 1 aromatic carbocycles. The molecule has 0 bridgehead atoms. The second kappa shape index (κ2) is 6.23. The lowest BCUT2D eigenvalue weighted by Crippen LogP contribution is -2.14. The Morgan fingerprint density at radius 3 is 2.52 bits per heavy atom. The van der Waals surface area contributed by atoms with Crippen LogP contribution in [0.15, 0.2) is 16.5 Å². The Labute approximate surface area is 127 Å². The van der Waals surface area contributed by atoms with Crippen molar-refractivity contribution in [3.63, 3.8) is 0 Å². The van der Waals surface area contributed by atoms with Crippen LogP contribution in [0.4, 0.5) is 0 Å². The standard InChI is InChI=1S/C19H27NO/c1-4-9-20-12-18-19(13(2)3)16-10-14-7-5-6-8-15(14)11-17(16)21-18/h10-11,13,20H,4-9,12H2,1-3H3. The van der Waals surface area contributed by atoms with E-state index >= 15 is 0 Å². The topological polar surface area (TPSA) is 25.2 Å². The van der Waals surface area contributed by atoms with Crippen LogP contribution in [0.1, 0.15) is 68.4 Å². The minimum atomic E-state index is 0.506. The summed E-state index contributed by atoms with van der Waals surface area (Å²) >= 11 is 0. The summed E-state index contributed by atoms with van der Waals surface area (Å²) in [7, 11) is 0. The molecule has 0 fully saturated rings. The van der Waals surface area contributed by atoms with Gasteiger partial charge in [-0.2, -0.15) is 0 Å². The third kappa shape index (κ3) is 2.87. The summed E-state index contributed by atoms with van der Waals surface area (Å²) in [6.45, 7) is 8.63. The van der Waals surface area contributed by atoms with Gasteiger partial charge in [0.2, 0.25) is 0 Å². The van der Waals surface area contributed by atoms with Crippen LogP contribution >= 0.6 is 0 Å². The summed E-state index contributed by atoms with van der Waals surface area (Å²) in [5.41, 5.74) is 5.55. The van der Waals surface area contributed by atoms with E-state index in [4.69, 9.17) is 4.42 Å². The predicted octanol–water partition coefficient (Wildman–Crippen LogP) is 4.93. The first-order valence-corrected chi connectivity index (χ1v) is 8.48. The van der Waals surface area contributed by atoms with E-state index in [2.05, 4.69) is 38.2 Å². The first-order valence-electron chi connectivity index (χ1n) is 8.48. The molecule has 0 radical (unpaired) electrons. The minimum Gasteiger partial charge on any atom is -0.459 e. The smallest absolute Gasteiger partial charge is 0.134 e. The first kappa shape index (κ1) is 14.6. The van der Waals surface area contributed by atoms with E-state index in [1.807, 2.05) is 0 Å². The van der Waals surface area contributed by atoms with E-state index in [1.54, 1.807) is 5.56 Å². The maximum Gasteiger partial charge on any atom is 0.134 e. The summed E-state index contributed by atoms with van der Waals surface area (Å²) in [4.78, 5) is 0. The lowest BCUT2D eigenvalue weighted by Gasteiger charge is -2.15. The molecule has 0 aliphatic heterocycles. The van der Waals surface area contributed by atoms with Crippen LogP contribution in [0.3, 0.4) is 0 Å². The Balaban J connectivity index is 2.04. The maximum absolute atomic E-state index is 6.21. The van der Waals surface area contributed by atoms with Crippen molar-refractivity contribution in [3.05, 3.63) is 34.6 Å². The molecule has 1 aliphatic carbocycles. The Hall–Kier alpha value is -1.28. The fraction of sp³-hybridized carbons (Fsp3) is 0.579. The lowest BCUT2D eigenvalue weighted by molar-refractivity contribution is 0.503. The van der Waals surface area contributed by atoms with E-state index in [9.17, 15) is 0 Å². The predicted molar refractivity (Wildman–Crippen MR) is 88.9 cm³/mol. The highest BCUT2D eigenvalue weighted by atomic mass is 16.3. The highest BCUT2D eigenvalue weighted by Gasteiger charge is 2.19. The molecule has 2 aromatic rings. The number of rotatable bonds is 5. The Bertz CT molecular complexity index is 624. The Morgan fingerprint density at radius 1 is 1.14 bits per heavy atom. The fourth-order valence-electron chi connectivity index (χ4n) is 3.54. The SMILES string of the molecule is CCCNCc1oc2cc3c(cc2c1C(C)C)CCCC3. The molecular formula is C19H27NO. The maximum atomic E-state index is 6.21. The number of hydrogen-bond acceptors (Lipinski definition) is 2. The number of fused-ring (bicyclic) bond motifs is 2. The van der Waals surface area contributed by atoms with Crippen LogP contribution in [0.5, 0.6) is 0 Å². The van der Waals surface area contributed by atoms with Crippen LogP contribution in [-0.4, -0.2) is 6.54 Å². The minimum absolute atomic E-state index is 0.506. The molecule has 0 spiro atoms. The first-order chi connectivity index (χ1) is 10.2. The molecule has 0 saturated carbocycles. The van der Waals surface area contributed by atoms with Gasteiger partial charge in [0.05, 0.1) is 6.54 Å². The van der Waals surface area contributed by atoms with Gasteiger partial charge < -0.3 is 9.73 Å². The second-order valence-electron chi connectivity index (χ2n) is 6.59. The van der Waals surface area contributed by atoms with Crippen molar-refractivity contribution in [3.8, 4) is 0 Å². The molecule has 3 rings (SSSR count). The van der Waals surface area contributed by atoms with Crippen molar-refractivity contribution in [1.82, 2.24) is 5.32 Å². The number of nitrogens with one attached hydrogen (secondary N) is 1. The molecule has 0 saturated heterocycles. The highest BCUT2D eigenvalue weighted by molar-refractivity contribution is 5.84. The molecule has 0 atom stereocenters. The third-order valence-electron chi connectivity index (χ3n) is 4.56. The quantitative estimate of drug-likeness (QED) is 0.788. The zero-order valence-corrected chi connectivity index (χ0v) is 13.6. The lowest BCUT2D eigenvalue weighted by atomic mass is 9.89. The van der Waals surface area contributed by atoms with E-state index < -0.39 is 0 Å². The van der Waals surface area contributed by atoms with Crippen molar-refractivity contribution in [1.29, 1.82) is 0 Å². The molecule has 1 heterocycles. The van der Waals surface area contributed by atoms with Gasteiger partial charge in [-0.25, -0.2) is 0 Å². The van der Waals surface area contributed by atoms with E-state index in [0.29, 0.717) is 5.92 Å². The molecule has 0 unspecified atom stereocenters. The molecule has 0 amide bonds. The molecule has 21 heavy (non-hydrogen) atoms. The zero-order chi connectivity index (χ0) is 14.8. The summed E-state index contributed by atoms with van der Waals surface area (Å²) < 4.78 is 6.21. The second-order valence-corrected chi connectivity index (χ2v) is 6.59. The summed E-state index contributed by atoms with van der Waals surface area (Å²) in [6.07, 6.45) is 6.26. The number of aryl methyl sites for hydroxylation is 2. The van der Waals surface area contributed by atoms with Gasteiger partial charge in [-0.05, 0) is 67.8 Å². The average Bonchev–Trinajstić information content (AvgIpc) is 2.82. The highest BCUT2D eigenvalue weighted by Crippen LogP contribution is 2.35. The van der Waals surface area contributed by atoms with Crippen LogP contribution in [0.25, 0.3) is 11.0 Å². The van der Waals surface area contributed by atoms with E-state index in [0.717, 1.165) is 30.9 Å². The normalized spacial score (nSPS) is 14.9. The fourth-order valence-corrected chi connectivity index (χ4v) is 3.54. The van der Waals surface area contributed by atoms with E-state index in [-0.39, 0.29) is 0 Å². The summed E-state index contributed by atoms with van der Waals surface area (Å²) in [6, 6.07) is 4.71. The van der Waals surface area contributed by atoms with Gasteiger partial charge >= 0.3 is 0 Å². The van der Waals surface area contributed by atoms with Crippen LogP contribution in [-0.2, 0) is 19.4 Å². The molecule has 2 nitrogen and oxygen atoms in total. The van der Waals surface area contributed by atoms with Crippen LogP contribution < -0.4 is 5.32 Å². The Morgan fingerprint density at radius 2 is 1.86 bits per heavy atom. The van der Waals surface area contributed by atoms with Crippen LogP contribution in [0, 0.1) is 0 Å². The monoisotopic (exact) mass is 285 g/mol. The largest absolute Gasteiger partial charge is 0.459 e. The number of benzene rings is 1. The molecule has 1 aliphatic rings. The van der Waals surface area contributed by atoms with Gasteiger partial charge in [0.15, 0.2) is 0 Å². The Kier molecular flexibility index (Phi) is 4.34. The zero-order valence-electron chi connectivity index (χ0n) is 13.6. The molecular weight excluding hydrogens is 258 g/mol. The molecule has 2 heteroatoms. The van der Waals surface area contributed by atoms with Gasteiger partial charge in [0.1, 0.15) is 11.3 Å². The van der Waals surface area contributed by atoms with Gasteiger partial charge in [-0.15, -0.1) is 0 Å². The number of furan rings is 1. The van der Waals surface area contributed by atoms with Crippen LogP contribution in [0.2, 0.25) is 0 Å². The summed E-state index contributed by atoms with van der Waals surface area (Å²) in [5.74, 6) is 1.64. The van der Waals surface area contributed by atoms with E-state index in [1.165, 1.54) is 42.2 Å². The molecule has 114 valence electrons. The molecule has 1 N–H and O–H groups in total. The number of hydrogen-bond donors (Lipinski definition) is 1. The third-order valence-corrected chi connectivity index (χ3v) is 4.56. The van der Waals surface area contributed by atoms with Crippen molar-refractivity contribution in [2.75, 3.05) is 6.54 Å². The average molecular weight is 285 g/mol. The van der Waals surface area contributed by atoms with Crippen molar-refractivity contribution >= 4 is 11.0 Å². The molecule has 1 aromatic heterocycles. The van der Waals surface area contributed by atoms with Gasteiger partial charge in [0.25, 0.3) is 0 Å². The van der Waals surface area contributed by atoms with Gasteiger partial charge in [-0.3, -0.25) is 0 Å². The van der Waals surface area contributed by atoms with Crippen molar-refractivity contribution in [2.24, 2.45) is 0 Å². The van der Waals surface area contributed by atoms with Crippen molar-refractivity contribution < 1.29 is 4.42 Å².